The number of hydrogen-bond donors (Lipinski definition) is 2. The maximum atomic E-state index is 12.1. The van der Waals surface area contributed by atoms with Gasteiger partial charge in [0.15, 0.2) is 0 Å². The highest BCUT2D eigenvalue weighted by molar-refractivity contribution is 7.10. The minimum atomic E-state index is -0.863. The molecule has 1 rings (SSSR count). The Bertz CT molecular complexity index is 459. The van der Waals surface area contributed by atoms with Crippen LogP contribution in [0.5, 0.6) is 0 Å². The molecule has 2 N–H and O–H groups in total. The monoisotopic (exact) mass is 312 g/mol. The first kappa shape index (κ1) is 17.5. The molecule has 0 aliphatic carbocycles. The molecular formula is C15H24N2O3S. The van der Waals surface area contributed by atoms with E-state index in [9.17, 15) is 9.59 Å². The molecule has 1 heterocycles. The number of hydrogen-bond acceptors (Lipinski definition) is 3. The van der Waals surface area contributed by atoms with Crippen molar-refractivity contribution in [1.82, 2.24) is 10.2 Å². The summed E-state index contributed by atoms with van der Waals surface area (Å²) >= 11 is 1.60. The van der Waals surface area contributed by atoms with Crippen molar-refractivity contribution in [2.45, 2.75) is 33.2 Å². The molecule has 0 saturated heterocycles. The van der Waals surface area contributed by atoms with Gasteiger partial charge >= 0.3 is 12.0 Å². The maximum Gasteiger partial charge on any atom is 0.317 e. The SMILES string of the molecule is CC(C)CC(CNC(=O)N(C)C(C)c1cccs1)C(=O)O. The summed E-state index contributed by atoms with van der Waals surface area (Å²) in [4.78, 5) is 26.0. The van der Waals surface area contributed by atoms with Crippen molar-refractivity contribution < 1.29 is 14.7 Å². The fourth-order valence-corrected chi connectivity index (χ4v) is 2.90. The fraction of sp³-hybridized carbons (Fsp3) is 0.600. The lowest BCUT2D eigenvalue weighted by Crippen LogP contribution is -2.42. The summed E-state index contributed by atoms with van der Waals surface area (Å²) in [6.45, 7) is 6.06. The molecular weight excluding hydrogens is 288 g/mol. The second-order valence-electron chi connectivity index (χ2n) is 5.65. The van der Waals surface area contributed by atoms with Crippen molar-refractivity contribution in [3.63, 3.8) is 0 Å². The first-order chi connectivity index (χ1) is 9.82. The number of rotatable bonds is 7. The van der Waals surface area contributed by atoms with E-state index in [0.29, 0.717) is 6.42 Å². The van der Waals surface area contributed by atoms with Crippen LogP contribution in [0.25, 0.3) is 0 Å². The van der Waals surface area contributed by atoms with E-state index in [0.717, 1.165) is 4.88 Å². The van der Waals surface area contributed by atoms with Crippen LogP contribution in [0, 0.1) is 11.8 Å². The number of thiophene rings is 1. The number of nitrogens with zero attached hydrogens (tertiary/aromatic N) is 1. The molecule has 0 fully saturated rings. The third kappa shape index (κ3) is 5.38. The zero-order chi connectivity index (χ0) is 16.0. The average Bonchev–Trinajstić information content (AvgIpc) is 2.94. The lowest BCUT2D eigenvalue weighted by Gasteiger charge is -2.25. The number of aliphatic carboxylic acids is 1. The van der Waals surface area contributed by atoms with Gasteiger partial charge in [0.05, 0.1) is 12.0 Å². The molecule has 1 aromatic rings. The molecule has 118 valence electrons. The number of urea groups is 1. The molecule has 5 nitrogen and oxygen atoms in total. The molecule has 0 aliphatic heterocycles. The molecule has 21 heavy (non-hydrogen) atoms. The van der Waals surface area contributed by atoms with E-state index >= 15 is 0 Å². The molecule has 0 spiro atoms. The third-order valence-electron chi connectivity index (χ3n) is 3.46. The summed E-state index contributed by atoms with van der Waals surface area (Å²) in [5.74, 6) is -1.12. The summed E-state index contributed by atoms with van der Waals surface area (Å²) in [6, 6.07) is 3.66. The second kappa shape index (κ2) is 8.02. The van der Waals surface area contributed by atoms with Gasteiger partial charge in [-0.2, -0.15) is 0 Å². The zero-order valence-corrected chi connectivity index (χ0v) is 13.8. The predicted molar refractivity (Wildman–Crippen MR) is 84.5 cm³/mol. The van der Waals surface area contributed by atoms with E-state index in [1.165, 1.54) is 0 Å². The van der Waals surface area contributed by atoms with Crippen molar-refractivity contribution >= 4 is 23.3 Å². The van der Waals surface area contributed by atoms with E-state index in [-0.39, 0.29) is 24.5 Å². The summed E-state index contributed by atoms with van der Waals surface area (Å²) in [5.41, 5.74) is 0. The largest absolute Gasteiger partial charge is 0.481 e. The Kier molecular flexibility index (Phi) is 6.68. The number of carboxylic acids is 1. The van der Waals surface area contributed by atoms with Crippen molar-refractivity contribution in [2.75, 3.05) is 13.6 Å². The average molecular weight is 312 g/mol. The zero-order valence-electron chi connectivity index (χ0n) is 13.0. The van der Waals surface area contributed by atoms with Gasteiger partial charge in [-0.3, -0.25) is 4.79 Å². The second-order valence-corrected chi connectivity index (χ2v) is 6.63. The van der Waals surface area contributed by atoms with E-state index in [1.807, 2.05) is 38.3 Å². The third-order valence-corrected chi connectivity index (χ3v) is 4.50. The van der Waals surface area contributed by atoms with Crippen LogP contribution in [0.3, 0.4) is 0 Å². The van der Waals surface area contributed by atoms with Gasteiger partial charge in [-0.25, -0.2) is 4.79 Å². The lowest BCUT2D eigenvalue weighted by atomic mass is 9.97. The number of carbonyl (C=O) groups is 2. The Labute approximate surface area is 130 Å². The van der Waals surface area contributed by atoms with Crippen LogP contribution in [0.1, 0.15) is 38.1 Å². The molecule has 0 saturated carbocycles. The molecule has 2 atom stereocenters. The van der Waals surface area contributed by atoms with Crippen molar-refractivity contribution in [1.29, 1.82) is 0 Å². The molecule has 0 aliphatic rings. The summed E-state index contributed by atoms with van der Waals surface area (Å²) < 4.78 is 0. The highest BCUT2D eigenvalue weighted by Crippen LogP contribution is 2.23. The molecule has 0 radical (unpaired) electrons. The highest BCUT2D eigenvalue weighted by Gasteiger charge is 2.22. The van der Waals surface area contributed by atoms with Crippen LogP contribution < -0.4 is 5.32 Å². The minimum Gasteiger partial charge on any atom is -0.481 e. The van der Waals surface area contributed by atoms with Gasteiger partial charge < -0.3 is 15.3 Å². The van der Waals surface area contributed by atoms with Gasteiger partial charge in [-0.1, -0.05) is 19.9 Å². The van der Waals surface area contributed by atoms with E-state index in [4.69, 9.17) is 5.11 Å². The summed E-state index contributed by atoms with van der Waals surface area (Å²) in [7, 11) is 1.72. The van der Waals surface area contributed by atoms with E-state index in [1.54, 1.807) is 23.3 Å². The normalized spacial score (nSPS) is 13.8. The van der Waals surface area contributed by atoms with Gasteiger partial charge in [0.2, 0.25) is 0 Å². The van der Waals surface area contributed by atoms with Gasteiger partial charge in [0.1, 0.15) is 0 Å². The van der Waals surface area contributed by atoms with Crippen molar-refractivity contribution in [3.05, 3.63) is 22.4 Å². The number of carbonyl (C=O) groups excluding carboxylic acids is 1. The number of amides is 2. The Morgan fingerprint density at radius 2 is 2.05 bits per heavy atom. The fourth-order valence-electron chi connectivity index (χ4n) is 2.07. The first-order valence-electron chi connectivity index (χ1n) is 7.09. The molecule has 0 bridgehead atoms. The predicted octanol–water partition coefficient (Wildman–Crippen LogP) is 3.20. The molecule has 2 unspecified atom stereocenters. The molecule has 0 aromatic carbocycles. The summed E-state index contributed by atoms with van der Waals surface area (Å²) in [5, 5.41) is 13.9. The Balaban J connectivity index is 2.53. The van der Waals surface area contributed by atoms with Crippen molar-refractivity contribution in [2.24, 2.45) is 11.8 Å². The van der Waals surface area contributed by atoms with Gasteiger partial charge in [0, 0.05) is 18.5 Å². The van der Waals surface area contributed by atoms with Gasteiger partial charge in [-0.05, 0) is 30.7 Å². The van der Waals surface area contributed by atoms with Gasteiger partial charge in [-0.15, -0.1) is 11.3 Å². The number of carboxylic acid groups (broad SMARTS) is 1. The van der Waals surface area contributed by atoms with Crippen LogP contribution in [-0.4, -0.2) is 35.6 Å². The smallest absolute Gasteiger partial charge is 0.317 e. The molecule has 6 heteroatoms. The van der Waals surface area contributed by atoms with E-state index < -0.39 is 11.9 Å². The number of nitrogens with one attached hydrogen (secondary N) is 1. The Morgan fingerprint density at radius 3 is 2.52 bits per heavy atom. The standard InChI is InChI=1S/C15H24N2O3S/c1-10(2)8-12(14(18)19)9-16-15(20)17(4)11(3)13-6-5-7-21-13/h5-7,10-12H,8-9H2,1-4H3,(H,16,20)(H,18,19). The Morgan fingerprint density at radius 1 is 1.38 bits per heavy atom. The Hall–Kier alpha value is -1.56. The van der Waals surface area contributed by atoms with Crippen molar-refractivity contribution in [3.8, 4) is 0 Å². The highest BCUT2D eigenvalue weighted by atomic mass is 32.1. The lowest BCUT2D eigenvalue weighted by molar-refractivity contribution is -0.142. The first-order valence-corrected chi connectivity index (χ1v) is 7.97. The molecule has 2 amide bonds. The van der Waals surface area contributed by atoms with E-state index in [2.05, 4.69) is 5.32 Å². The van der Waals surface area contributed by atoms with Crippen LogP contribution in [0.15, 0.2) is 17.5 Å². The van der Waals surface area contributed by atoms with Crippen LogP contribution >= 0.6 is 11.3 Å². The minimum absolute atomic E-state index is 0.0293. The van der Waals surface area contributed by atoms with Crippen LogP contribution in [-0.2, 0) is 4.79 Å². The van der Waals surface area contributed by atoms with Crippen LogP contribution in [0.4, 0.5) is 4.79 Å². The maximum absolute atomic E-state index is 12.1. The quantitative estimate of drug-likeness (QED) is 0.812. The summed E-state index contributed by atoms with van der Waals surface area (Å²) in [6.07, 6.45) is 0.555. The topological polar surface area (TPSA) is 69.6 Å². The van der Waals surface area contributed by atoms with Crippen LogP contribution in [0.2, 0.25) is 0 Å². The van der Waals surface area contributed by atoms with Gasteiger partial charge in [0.25, 0.3) is 0 Å². The molecule has 1 aromatic heterocycles.